The number of hydrogen-bond acceptors (Lipinski definition) is 4. The summed E-state index contributed by atoms with van der Waals surface area (Å²) >= 11 is 0. The quantitative estimate of drug-likeness (QED) is 0.470. The molecule has 20 heavy (non-hydrogen) atoms. The minimum Gasteiger partial charge on any atom is -0.545 e. The van der Waals surface area contributed by atoms with Gasteiger partial charge in [-0.05, 0) is 29.7 Å². The molecule has 1 aromatic heterocycles. The second-order valence-electron chi connectivity index (χ2n) is 4.52. The molecule has 0 bridgehead atoms. The number of nitrogens with zero attached hydrogens (tertiary/aromatic N) is 2. The third kappa shape index (κ3) is 3.56. The minimum atomic E-state index is -1.36. The van der Waals surface area contributed by atoms with Gasteiger partial charge in [0, 0.05) is 6.20 Å². The average Bonchev–Trinajstić information content (AvgIpc) is 2.37. The molecule has 0 atom stereocenters. The molecule has 5 nitrogen and oxygen atoms in total. The summed E-state index contributed by atoms with van der Waals surface area (Å²) < 4.78 is 1.13. The Morgan fingerprint density at radius 3 is 2.70 bits per heavy atom. The molecule has 1 heterocycles. The second kappa shape index (κ2) is 6.83. The fraction of sp³-hybridized carbons (Fsp3) is 0.214. The van der Waals surface area contributed by atoms with Crippen LogP contribution in [-0.4, -0.2) is 15.5 Å². The van der Waals surface area contributed by atoms with Crippen molar-refractivity contribution >= 4 is 23.1 Å². The first-order valence-electron chi connectivity index (χ1n) is 5.89. The first kappa shape index (κ1) is 16.6. The molecule has 0 saturated heterocycles. The summed E-state index contributed by atoms with van der Waals surface area (Å²) in [5.41, 5.74) is 1.32. The summed E-state index contributed by atoms with van der Waals surface area (Å²) in [6, 6.07) is 5.51. The fourth-order valence-corrected chi connectivity index (χ4v) is 1.76. The van der Waals surface area contributed by atoms with Crippen molar-refractivity contribution < 1.29 is 39.5 Å². The van der Waals surface area contributed by atoms with Gasteiger partial charge in [0.25, 0.3) is 5.56 Å². The molecule has 2 aromatic rings. The summed E-state index contributed by atoms with van der Waals surface area (Å²) in [4.78, 5) is 26.7. The zero-order valence-corrected chi connectivity index (χ0v) is 13.7. The van der Waals surface area contributed by atoms with Crippen LogP contribution in [-0.2, 0) is 4.79 Å². The predicted molar refractivity (Wildman–Crippen MR) is 70.4 cm³/mol. The molecule has 98 valence electrons. The van der Waals surface area contributed by atoms with Crippen molar-refractivity contribution in [2.45, 2.75) is 19.8 Å². The third-order valence-electron chi connectivity index (χ3n) is 2.84. The molecule has 0 unspecified atom stereocenters. The molecular formula is C14H13N2NaO3. The Morgan fingerprint density at radius 1 is 1.40 bits per heavy atom. The van der Waals surface area contributed by atoms with Gasteiger partial charge < -0.3 is 9.90 Å². The van der Waals surface area contributed by atoms with E-state index < -0.39 is 5.97 Å². The summed E-state index contributed by atoms with van der Waals surface area (Å²) in [6.45, 7) is 4.07. The monoisotopic (exact) mass is 280 g/mol. The first-order valence-corrected chi connectivity index (χ1v) is 5.89. The largest absolute Gasteiger partial charge is 1.00 e. The van der Waals surface area contributed by atoms with Crippen molar-refractivity contribution in [2.24, 2.45) is 0 Å². The number of benzene rings is 1. The predicted octanol–water partition coefficient (Wildman–Crippen LogP) is -2.26. The summed E-state index contributed by atoms with van der Waals surface area (Å²) in [5, 5.41) is 10.8. The van der Waals surface area contributed by atoms with Gasteiger partial charge in [-0.3, -0.25) is 9.36 Å². The van der Waals surface area contributed by atoms with Gasteiger partial charge in [0.1, 0.15) is 6.33 Å². The fourth-order valence-electron chi connectivity index (χ4n) is 1.76. The van der Waals surface area contributed by atoms with Gasteiger partial charge in [-0.15, -0.1) is 0 Å². The van der Waals surface area contributed by atoms with Gasteiger partial charge in [0.15, 0.2) is 0 Å². The summed E-state index contributed by atoms with van der Waals surface area (Å²) in [6.07, 6.45) is 3.21. The molecule has 0 aliphatic carbocycles. The van der Waals surface area contributed by atoms with Crippen LogP contribution in [0.1, 0.15) is 25.3 Å². The molecule has 0 amide bonds. The standard InChI is InChI=1S/C14H14N2O3.Na/c1-9(2)10-3-4-12-11(7-10)14(19)16(8-15-12)6-5-13(17)18;/h3-9H,1-2H3,(H,17,18);/q;+1/p-1/b6-5+;. The molecule has 6 heteroatoms. The van der Waals surface area contributed by atoms with E-state index >= 15 is 0 Å². The van der Waals surface area contributed by atoms with Gasteiger partial charge in [0.2, 0.25) is 0 Å². The van der Waals surface area contributed by atoms with Crippen LogP contribution in [0, 0.1) is 0 Å². The average molecular weight is 280 g/mol. The van der Waals surface area contributed by atoms with Crippen LogP contribution in [0.2, 0.25) is 0 Å². The van der Waals surface area contributed by atoms with Crippen LogP contribution >= 0.6 is 0 Å². The number of aliphatic carboxylic acids is 1. The van der Waals surface area contributed by atoms with Crippen LogP contribution in [0.15, 0.2) is 35.4 Å². The molecule has 0 N–H and O–H groups in total. The number of carboxylic acids is 1. The molecule has 0 spiro atoms. The molecular weight excluding hydrogens is 267 g/mol. The maximum Gasteiger partial charge on any atom is 1.00 e. The van der Waals surface area contributed by atoms with Gasteiger partial charge in [-0.2, -0.15) is 0 Å². The van der Waals surface area contributed by atoms with Crippen LogP contribution in [0.5, 0.6) is 0 Å². The van der Waals surface area contributed by atoms with Gasteiger partial charge >= 0.3 is 29.6 Å². The molecule has 0 aliphatic rings. The number of carbonyl (C=O) groups is 1. The van der Waals surface area contributed by atoms with Crippen molar-refractivity contribution in [3.05, 3.63) is 46.5 Å². The van der Waals surface area contributed by atoms with Crippen molar-refractivity contribution in [3.63, 3.8) is 0 Å². The number of fused-ring (bicyclic) bond motifs is 1. The molecule has 2 rings (SSSR count). The van der Waals surface area contributed by atoms with E-state index in [0.29, 0.717) is 16.8 Å². The smallest absolute Gasteiger partial charge is 0.545 e. The van der Waals surface area contributed by atoms with E-state index in [0.717, 1.165) is 22.4 Å². The topological polar surface area (TPSA) is 75.0 Å². The molecule has 0 aliphatic heterocycles. The summed E-state index contributed by atoms with van der Waals surface area (Å²) in [7, 11) is 0. The molecule has 0 saturated carbocycles. The van der Waals surface area contributed by atoms with Crippen LogP contribution < -0.4 is 40.2 Å². The van der Waals surface area contributed by atoms with E-state index in [1.807, 2.05) is 19.9 Å². The third-order valence-corrected chi connectivity index (χ3v) is 2.84. The number of hydrogen-bond donors (Lipinski definition) is 0. The van der Waals surface area contributed by atoms with E-state index in [-0.39, 0.29) is 35.1 Å². The van der Waals surface area contributed by atoms with Crippen LogP contribution in [0.25, 0.3) is 17.1 Å². The van der Waals surface area contributed by atoms with Crippen molar-refractivity contribution in [3.8, 4) is 0 Å². The maximum absolute atomic E-state index is 12.2. The van der Waals surface area contributed by atoms with Crippen molar-refractivity contribution in [1.82, 2.24) is 9.55 Å². The normalized spacial score (nSPS) is 10.9. The SMILES string of the molecule is CC(C)c1ccc2ncn(/C=C/C(=O)[O-])c(=O)c2c1.[Na+]. The molecule has 0 fully saturated rings. The van der Waals surface area contributed by atoms with Gasteiger partial charge in [-0.25, -0.2) is 4.98 Å². The minimum absolute atomic E-state index is 0. The van der Waals surface area contributed by atoms with Crippen molar-refractivity contribution in [1.29, 1.82) is 0 Å². The second-order valence-corrected chi connectivity index (χ2v) is 4.52. The number of rotatable bonds is 3. The van der Waals surface area contributed by atoms with Crippen LogP contribution in [0.3, 0.4) is 0 Å². The van der Waals surface area contributed by atoms with Gasteiger partial charge in [0.05, 0.1) is 16.9 Å². The Morgan fingerprint density at radius 2 is 2.10 bits per heavy atom. The summed E-state index contributed by atoms with van der Waals surface area (Å²) in [5.74, 6) is -1.06. The van der Waals surface area contributed by atoms with E-state index in [1.165, 1.54) is 6.33 Å². The Labute approximate surface area is 138 Å². The molecule has 1 aromatic carbocycles. The number of carboxylic acid groups (broad SMARTS) is 1. The van der Waals surface area contributed by atoms with Gasteiger partial charge in [-0.1, -0.05) is 19.9 Å². The zero-order valence-electron chi connectivity index (χ0n) is 11.7. The van der Waals surface area contributed by atoms with E-state index in [1.54, 1.807) is 12.1 Å². The Bertz CT molecular complexity index is 720. The zero-order chi connectivity index (χ0) is 14.0. The Hall–Kier alpha value is -1.43. The van der Waals surface area contributed by atoms with Crippen LogP contribution in [0.4, 0.5) is 0 Å². The maximum atomic E-state index is 12.2. The molecule has 0 radical (unpaired) electrons. The van der Waals surface area contributed by atoms with Crippen molar-refractivity contribution in [2.75, 3.05) is 0 Å². The van der Waals surface area contributed by atoms with E-state index in [2.05, 4.69) is 4.98 Å². The van der Waals surface area contributed by atoms with E-state index in [4.69, 9.17) is 0 Å². The Kier molecular flexibility index (Phi) is 5.68. The first-order chi connectivity index (χ1) is 8.99. The Balaban J connectivity index is 0.00000200. The van der Waals surface area contributed by atoms with E-state index in [9.17, 15) is 14.7 Å². The number of carbonyl (C=O) groups excluding carboxylic acids is 1. The number of aromatic nitrogens is 2.